The number of likely N-dealkylation sites (N-methyl/N-ethyl adjacent to an activating group) is 1. The van der Waals surface area contributed by atoms with Gasteiger partial charge in [0.2, 0.25) is 0 Å². The molecule has 1 fully saturated rings. The van der Waals surface area contributed by atoms with Gasteiger partial charge in [-0.25, -0.2) is 9.18 Å². The monoisotopic (exact) mass is 322 g/mol. The molecule has 0 saturated carbocycles. The summed E-state index contributed by atoms with van der Waals surface area (Å²) in [6.07, 6.45) is 2.21. The normalized spacial score (nSPS) is 14.3. The average molecular weight is 322 g/mol. The third-order valence-electron chi connectivity index (χ3n) is 4.26. The number of hydrogen-bond acceptors (Lipinski definition) is 3. The fourth-order valence-corrected chi connectivity index (χ4v) is 2.84. The summed E-state index contributed by atoms with van der Waals surface area (Å²) in [4.78, 5) is 16.1. The van der Waals surface area contributed by atoms with Crippen molar-refractivity contribution in [2.24, 2.45) is 0 Å². The maximum Gasteiger partial charge on any atom is 0.319 e. The standard InChI is InChI=1S/C17H27FN4O/c1-3-21(4-2)12-9-19-17(23)20-14-7-8-16(15(18)13-14)22-10-5-6-11-22/h7-8,13H,3-6,9-12H2,1-2H3,(H2,19,20,23). The highest BCUT2D eigenvalue weighted by molar-refractivity contribution is 5.89. The van der Waals surface area contributed by atoms with Gasteiger partial charge in [-0.05, 0) is 44.1 Å². The lowest BCUT2D eigenvalue weighted by Crippen LogP contribution is -2.36. The Morgan fingerprint density at radius 3 is 2.57 bits per heavy atom. The van der Waals surface area contributed by atoms with Gasteiger partial charge in [-0.3, -0.25) is 0 Å². The number of benzene rings is 1. The van der Waals surface area contributed by atoms with E-state index in [-0.39, 0.29) is 11.8 Å². The van der Waals surface area contributed by atoms with E-state index < -0.39 is 0 Å². The van der Waals surface area contributed by atoms with Gasteiger partial charge in [-0.15, -0.1) is 0 Å². The Hall–Kier alpha value is -1.82. The van der Waals surface area contributed by atoms with Crippen LogP contribution in [-0.4, -0.2) is 50.2 Å². The first kappa shape index (κ1) is 17.5. The van der Waals surface area contributed by atoms with E-state index in [1.54, 1.807) is 12.1 Å². The highest BCUT2D eigenvalue weighted by Gasteiger charge is 2.16. The van der Waals surface area contributed by atoms with E-state index in [1.165, 1.54) is 6.07 Å². The van der Waals surface area contributed by atoms with Crippen LogP contribution in [0.1, 0.15) is 26.7 Å². The van der Waals surface area contributed by atoms with Crippen LogP contribution in [0.4, 0.5) is 20.6 Å². The molecule has 6 heteroatoms. The predicted molar refractivity (Wildman–Crippen MR) is 92.7 cm³/mol. The van der Waals surface area contributed by atoms with Crippen molar-refractivity contribution >= 4 is 17.4 Å². The Balaban J connectivity index is 1.82. The van der Waals surface area contributed by atoms with Crippen LogP contribution < -0.4 is 15.5 Å². The van der Waals surface area contributed by atoms with Crippen molar-refractivity contribution in [3.8, 4) is 0 Å². The van der Waals surface area contributed by atoms with Gasteiger partial charge in [0, 0.05) is 31.9 Å². The van der Waals surface area contributed by atoms with Crippen LogP contribution in [0.3, 0.4) is 0 Å². The molecule has 2 rings (SSSR count). The number of nitrogens with one attached hydrogen (secondary N) is 2. The van der Waals surface area contributed by atoms with E-state index in [1.807, 2.05) is 4.90 Å². The first-order valence-corrected chi connectivity index (χ1v) is 8.45. The third kappa shape index (κ3) is 5.10. The van der Waals surface area contributed by atoms with E-state index in [0.29, 0.717) is 17.9 Å². The van der Waals surface area contributed by atoms with E-state index in [9.17, 15) is 9.18 Å². The second-order valence-electron chi connectivity index (χ2n) is 5.77. The molecule has 0 aromatic heterocycles. The summed E-state index contributed by atoms with van der Waals surface area (Å²) in [5.41, 5.74) is 1.10. The second kappa shape index (κ2) is 8.72. The Labute approximate surface area is 137 Å². The highest BCUT2D eigenvalue weighted by Crippen LogP contribution is 2.25. The number of amides is 2. The van der Waals surface area contributed by atoms with Gasteiger partial charge in [0.15, 0.2) is 0 Å². The van der Waals surface area contributed by atoms with Crippen LogP contribution in [0.5, 0.6) is 0 Å². The zero-order valence-electron chi connectivity index (χ0n) is 14.1. The Morgan fingerprint density at radius 1 is 1.26 bits per heavy atom. The summed E-state index contributed by atoms with van der Waals surface area (Å²) >= 11 is 0. The smallest absolute Gasteiger partial charge is 0.319 e. The van der Waals surface area contributed by atoms with Gasteiger partial charge < -0.3 is 20.4 Å². The SMILES string of the molecule is CCN(CC)CCNC(=O)Nc1ccc(N2CCCC2)c(F)c1. The Morgan fingerprint density at radius 2 is 1.96 bits per heavy atom. The second-order valence-corrected chi connectivity index (χ2v) is 5.77. The average Bonchev–Trinajstić information content (AvgIpc) is 3.06. The van der Waals surface area contributed by atoms with E-state index >= 15 is 0 Å². The minimum absolute atomic E-state index is 0.284. The largest absolute Gasteiger partial charge is 0.369 e. The molecule has 0 radical (unpaired) electrons. The lowest BCUT2D eigenvalue weighted by molar-refractivity contribution is 0.248. The first-order valence-electron chi connectivity index (χ1n) is 8.45. The topological polar surface area (TPSA) is 47.6 Å². The fraction of sp³-hybridized carbons (Fsp3) is 0.588. The minimum Gasteiger partial charge on any atom is -0.369 e. The molecular weight excluding hydrogens is 295 g/mol. The number of nitrogens with zero attached hydrogens (tertiary/aromatic N) is 2. The van der Waals surface area contributed by atoms with Gasteiger partial charge in [0.1, 0.15) is 5.82 Å². The zero-order chi connectivity index (χ0) is 16.7. The van der Waals surface area contributed by atoms with Gasteiger partial charge in [-0.1, -0.05) is 13.8 Å². The van der Waals surface area contributed by atoms with Crippen molar-refractivity contribution in [2.45, 2.75) is 26.7 Å². The molecule has 0 aliphatic carbocycles. The molecule has 0 bridgehead atoms. The third-order valence-corrected chi connectivity index (χ3v) is 4.26. The number of carbonyl (C=O) groups excluding carboxylic acids is 1. The summed E-state index contributed by atoms with van der Waals surface area (Å²) in [5.74, 6) is -0.284. The molecule has 5 nitrogen and oxygen atoms in total. The number of carbonyl (C=O) groups is 1. The molecule has 0 unspecified atom stereocenters. The molecule has 1 aliphatic rings. The molecule has 1 aromatic carbocycles. The van der Waals surface area contributed by atoms with Gasteiger partial charge in [0.05, 0.1) is 5.69 Å². The van der Waals surface area contributed by atoms with Crippen LogP contribution in [0.15, 0.2) is 18.2 Å². The lowest BCUT2D eigenvalue weighted by Gasteiger charge is -2.19. The van der Waals surface area contributed by atoms with Crippen LogP contribution in [0.2, 0.25) is 0 Å². The molecule has 1 saturated heterocycles. The Bertz CT molecular complexity index is 513. The minimum atomic E-state index is -0.300. The first-order chi connectivity index (χ1) is 11.1. The Kier molecular flexibility index (Phi) is 6.65. The number of rotatable bonds is 7. The molecule has 128 valence electrons. The molecule has 0 atom stereocenters. The van der Waals surface area contributed by atoms with E-state index in [2.05, 4.69) is 29.4 Å². The summed E-state index contributed by atoms with van der Waals surface area (Å²) < 4.78 is 14.2. The maximum atomic E-state index is 14.2. The highest BCUT2D eigenvalue weighted by atomic mass is 19.1. The van der Waals surface area contributed by atoms with E-state index in [4.69, 9.17) is 0 Å². The van der Waals surface area contributed by atoms with Crippen molar-refractivity contribution in [1.82, 2.24) is 10.2 Å². The molecule has 23 heavy (non-hydrogen) atoms. The number of urea groups is 1. The summed E-state index contributed by atoms with van der Waals surface area (Å²) in [7, 11) is 0. The molecular formula is C17H27FN4O. The van der Waals surface area contributed by atoms with Crippen molar-refractivity contribution < 1.29 is 9.18 Å². The molecule has 2 amide bonds. The van der Waals surface area contributed by atoms with Crippen LogP contribution in [-0.2, 0) is 0 Å². The van der Waals surface area contributed by atoms with Gasteiger partial charge in [-0.2, -0.15) is 0 Å². The molecule has 1 aromatic rings. The summed E-state index contributed by atoms with van der Waals surface area (Å²) in [5, 5.41) is 5.48. The van der Waals surface area contributed by atoms with Crippen LogP contribution in [0.25, 0.3) is 0 Å². The maximum absolute atomic E-state index is 14.2. The quantitative estimate of drug-likeness (QED) is 0.811. The molecule has 0 spiro atoms. The number of hydrogen-bond donors (Lipinski definition) is 2. The van der Waals surface area contributed by atoms with Crippen molar-refractivity contribution in [3.63, 3.8) is 0 Å². The number of anilines is 2. The fourth-order valence-electron chi connectivity index (χ4n) is 2.84. The van der Waals surface area contributed by atoms with Crippen LogP contribution >= 0.6 is 0 Å². The van der Waals surface area contributed by atoms with Crippen molar-refractivity contribution in [1.29, 1.82) is 0 Å². The predicted octanol–water partition coefficient (Wildman–Crippen LogP) is 2.89. The van der Waals surface area contributed by atoms with Crippen molar-refractivity contribution in [3.05, 3.63) is 24.0 Å². The van der Waals surface area contributed by atoms with E-state index in [0.717, 1.165) is 45.6 Å². The molecule has 1 heterocycles. The molecule has 1 aliphatic heterocycles. The number of halogens is 1. The molecule has 2 N–H and O–H groups in total. The summed E-state index contributed by atoms with van der Waals surface area (Å²) in [6.45, 7) is 9.28. The lowest BCUT2D eigenvalue weighted by atomic mass is 10.2. The van der Waals surface area contributed by atoms with Gasteiger partial charge in [0.25, 0.3) is 0 Å². The van der Waals surface area contributed by atoms with Crippen molar-refractivity contribution in [2.75, 3.05) is 49.5 Å². The van der Waals surface area contributed by atoms with Gasteiger partial charge >= 0.3 is 6.03 Å². The van der Waals surface area contributed by atoms with Crippen LogP contribution in [0, 0.1) is 5.82 Å². The zero-order valence-corrected chi connectivity index (χ0v) is 14.1. The summed E-state index contributed by atoms with van der Waals surface area (Å²) in [6, 6.07) is 4.58.